The van der Waals surface area contributed by atoms with Gasteiger partial charge in [0, 0.05) is 6.54 Å². The molecule has 1 aliphatic heterocycles. The minimum absolute atomic E-state index is 0.0899. The van der Waals surface area contributed by atoms with Gasteiger partial charge in [0.2, 0.25) is 0 Å². The molecular weight excluding hydrogens is 180 g/mol. The predicted molar refractivity (Wildman–Crippen MR) is 53.1 cm³/mol. The molecule has 1 aromatic rings. The van der Waals surface area contributed by atoms with Gasteiger partial charge in [0.15, 0.2) is 0 Å². The quantitative estimate of drug-likeness (QED) is 0.433. The summed E-state index contributed by atoms with van der Waals surface area (Å²) in [4.78, 5) is 0. The van der Waals surface area contributed by atoms with Crippen molar-refractivity contribution in [3.63, 3.8) is 0 Å². The Bertz CT molecular complexity index is 317. The number of phenols is 1. The van der Waals surface area contributed by atoms with Gasteiger partial charge in [-0.15, -0.1) is 0 Å². The van der Waals surface area contributed by atoms with Crippen molar-refractivity contribution in [2.45, 2.75) is 12.1 Å². The normalized spacial score (nSPS) is 26.6. The molecule has 5 nitrogen and oxygen atoms in total. The van der Waals surface area contributed by atoms with Crippen LogP contribution in [0.1, 0.15) is 11.6 Å². The van der Waals surface area contributed by atoms with Gasteiger partial charge in [-0.2, -0.15) is 5.53 Å². The van der Waals surface area contributed by atoms with E-state index in [9.17, 15) is 5.11 Å². The van der Waals surface area contributed by atoms with Crippen molar-refractivity contribution in [1.82, 2.24) is 16.4 Å². The lowest BCUT2D eigenvalue weighted by Crippen LogP contribution is -2.37. The first-order chi connectivity index (χ1) is 6.81. The highest BCUT2D eigenvalue weighted by Crippen LogP contribution is 2.21. The smallest absolute Gasteiger partial charge is 0.115 e. The molecule has 0 spiro atoms. The summed E-state index contributed by atoms with van der Waals surface area (Å²) in [6.07, 6.45) is 0. The summed E-state index contributed by atoms with van der Waals surface area (Å²) in [6.45, 7) is 0.528. The minimum Gasteiger partial charge on any atom is -0.508 e. The second-order valence-corrected chi connectivity index (χ2v) is 3.33. The van der Waals surface area contributed by atoms with Crippen LogP contribution >= 0.6 is 0 Å². The average molecular weight is 194 g/mol. The molecule has 1 aromatic carbocycles. The van der Waals surface area contributed by atoms with Crippen molar-refractivity contribution >= 4 is 0 Å². The predicted octanol–water partition coefficient (Wildman–Crippen LogP) is -0.627. The molecule has 14 heavy (non-hydrogen) atoms. The maximum absolute atomic E-state index is 9.33. The van der Waals surface area contributed by atoms with Crippen LogP contribution in [-0.4, -0.2) is 17.7 Å². The fraction of sp³-hybridized carbons (Fsp3) is 0.333. The average Bonchev–Trinajstić information content (AvgIpc) is 2.65. The zero-order valence-electron chi connectivity index (χ0n) is 7.70. The van der Waals surface area contributed by atoms with Crippen LogP contribution in [0.25, 0.3) is 0 Å². The third-order valence-corrected chi connectivity index (χ3v) is 2.37. The van der Waals surface area contributed by atoms with Crippen LogP contribution in [-0.2, 0) is 0 Å². The van der Waals surface area contributed by atoms with E-state index in [4.69, 9.17) is 5.73 Å². The first-order valence-corrected chi connectivity index (χ1v) is 4.56. The number of hydrazine groups is 2. The van der Waals surface area contributed by atoms with Crippen LogP contribution in [0.5, 0.6) is 5.75 Å². The van der Waals surface area contributed by atoms with E-state index in [0.717, 1.165) is 5.56 Å². The van der Waals surface area contributed by atoms with Crippen molar-refractivity contribution < 1.29 is 5.11 Å². The Balaban J connectivity index is 2.21. The monoisotopic (exact) mass is 194 g/mol. The Morgan fingerprint density at radius 2 is 2.21 bits per heavy atom. The van der Waals surface area contributed by atoms with E-state index in [-0.39, 0.29) is 17.8 Å². The van der Waals surface area contributed by atoms with Crippen LogP contribution in [0.2, 0.25) is 0 Å². The van der Waals surface area contributed by atoms with Gasteiger partial charge >= 0.3 is 0 Å². The fourth-order valence-corrected chi connectivity index (χ4v) is 1.62. The molecule has 5 heteroatoms. The molecule has 2 unspecified atom stereocenters. The van der Waals surface area contributed by atoms with E-state index in [1.54, 1.807) is 12.1 Å². The highest BCUT2D eigenvalue weighted by Gasteiger charge is 2.26. The second-order valence-electron chi connectivity index (χ2n) is 3.33. The molecule has 0 radical (unpaired) electrons. The maximum Gasteiger partial charge on any atom is 0.115 e. The Morgan fingerprint density at radius 3 is 2.93 bits per heavy atom. The van der Waals surface area contributed by atoms with Crippen molar-refractivity contribution in [3.05, 3.63) is 29.8 Å². The molecular formula is C9H14N4O. The van der Waals surface area contributed by atoms with E-state index in [1.807, 2.05) is 12.1 Å². The molecule has 0 bridgehead atoms. The largest absolute Gasteiger partial charge is 0.508 e. The van der Waals surface area contributed by atoms with Crippen LogP contribution < -0.4 is 22.1 Å². The summed E-state index contributed by atoms with van der Waals surface area (Å²) in [5, 5.41) is 9.33. The number of phenolic OH excluding ortho intramolecular Hbond substituents is 1. The fourth-order valence-electron chi connectivity index (χ4n) is 1.62. The maximum atomic E-state index is 9.33. The molecule has 0 amide bonds. The third-order valence-electron chi connectivity index (χ3n) is 2.37. The Morgan fingerprint density at radius 1 is 1.36 bits per heavy atom. The topological polar surface area (TPSA) is 82.3 Å². The van der Waals surface area contributed by atoms with Gasteiger partial charge < -0.3 is 10.8 Å². The van der Waals surface area contributed by atoms with Crippen LogP contribution in [0, 0.1) is 0 Å². The summed E-state index contributed by atoms with van der Waals surface area (Å²) >= 11 is 0. The molecule has 0 aromatic heterocycles. The van der Waals surface area contributed by atoms with Gasteiger partial charge in [0.05, 0.1) is 12.1 Å². The van der Waals surface area contributed by atoms with Gasteiger partial charge in [0.1, 0.15) is 5.75 Å². The van der Waals surface area contributed by atoms with Crippen LogP contribution in [0.3, 0.4) is 0 Å². The molecule has 1 fully saturated rings. The summed E-state index contributed by atoms with van der Waals surface area (Å²) in [6, 6.07) is 7.38. The Labute approximate surface area is 82.2 Å². The molecule has 6 N–H and O–H groups in total. The van der Waals surface area contributed by atoms with Gasteiger partial charge in [-0.3, -0.25) is 0 Å². The lowest BCUT2D eigenvalue weighted by Gasteiger charge is -2.16. The van der Waals surface area contributed by atoms with E-state index in [1.165, 1.54) is 0 Å². The van der Waals surface area contributed by atoms with Gasteiger partial charge in [0.25, 0.3) is 0 Å². The molecule has 1 saturated heterocycles. The van der Waals surface area contributed by atoms with E-state index >= 15 is 0 Å². The lowest BCUT2D eigenvalue weighted by molar-refractivity contribution is 0.470. The molecule has 76 valence electrons. The summed E-state index contributed by atoms with van der Waals surface area (Å²) < 4.78 is 0. The summed E-state index contributed by atoms with van der Waals surface area (Å²) in [5.41, 5.74) is 15.5. The van der Waals surface area contributed by atoms with Crippen molar-refractivity contribution in [3.8, 4) is 5.75 Å². The first-order valence-electron chi connectivity index (χ1n) is 4.56. The first kappa shape index (κ1) is 9.42. The summed E-state index contributed by atoms with van der Waals surface area (Å²) in [5.74, 6) is 0.270. The zero-order valence-corrected chi connectivity index (χ0v) is 7.70. The standard InChI is InChI=1S/C9H14N4O/c10-5-8-9(12-13-11-8)6-2-1-3-7(14)4-6/h1-4,8-9,11-14H,5,10H2. The zero-order chi connectivity index (χ0) is 9.97. The Hall–Kier alpha value is -1.14. The minimum atomic E-state index is 0.0899. The van der Waals surface area contributed by atoms with Gasteiger partial charge in [-0.25, -0.2) is 10.9 Å². The van der Waals surface area contributed by atoms with E-state index in [0.29, 0.717) is 6.54 Å². The van der Waals surface area contributed by atoms with Crippen molar-refractivity contribution in [2.75, 3.05) is 6.54 Å². The molecule has 1 heterocycles. The van der Waals surface area contributed by atoms with Gasteiger partial charge in [-0.1, -0.05) is 12.1 Å². The lowest BCUT2D eigenvalue weighted by atomic mass is 10.0. The number of hydrogen-bond donors (Lipinski definition) is 5. The summed E-state index contributed by atoms with van der Waals surface area (Å²) in [7, 11) is 0. The highest BCUT2D eigenvalue weighted by molar-refractivity contribution is 5.30. The number of nitrogens with two attached hydrogens (primary N) is 1. The number of hydrogen-bond acceptors (Lipinski definition) is 5. The Kier molecular flexibility index (Phi) is 2.64. The molecule has 2 atom stereocenters. The number of aromatic hydroxyl groups is 1. The van der Waals surface area contributed by atoms with E-state index in [2.05, 4.69) is 16.4 Å². The SMILES string of the molecule is NCC1NNNC1c1cccc(O)c1. The van der Waals surface area contributed by atoms with Crippen molar-refractivity contribution in [1.29, 1.82) is 0 Å². The van der Waals surface area contributed by atoms with Crippen LogP contribution in [0.15, 0.2) is 24.3 Å². The molecule has 0 saturated carbocycles. The molecule has 0 aliphatic carbocycles. The molecule has 1 aliphatic rings. The third kappa shape index (κ3) is 1.71. The van der Waals surface area contributed by atoms with Crippen molar-refractivity contribution in [2.24, 2.45) is 5.73 Å². The second kappa shape index (κ2) is 3.93. The molecule has 2 rings (SSSR count). The number of nitrogens with one attached hydrogen (secondary N) is 3. The highest BCUT2D eigenvalue weighted by atomic mass is 16.3. The van der Waals surface area contributed by atoms with E-state index < -0.39 is 0 Å². The number of rotatable bonds is 2. The van der Waals surface area contributed by atoms with Crippen LogP contribution in [0.4, 0.5) is 0 Å². The van der Waals surface area contributed by atoms with Gasteiger partial charge in [-0.05, 0) is 17.7 Å². The number of benzene rings is 1.